The van der Waals surface area contributed by atoms with Crippen molar-refractivity contribution in [1.29, 1.82) is 0 Å². The summed E-state index contributed by atoms with van der Waals surface area (Å²) in [7, 11) is 0. The van der Waals surface area contributed by atoms with E-state index in [0.29, 0.717) is 48.3 Å². The van der Waals surface area contributed by atoms with Crippen molar-refractivity contribution in [2.24, 2.45) is 10.9 Å². The van der Waals surface area contributed by atoms with E-state index in [-0.39, 0.29) is 17.6 Å². The molecule has 3 aromatic heterocycles. The minimum absolute atomic E-state index is 0.0633. The Hall–Kier alpha value is -2.91. The van der Waals surface area contributed by atoms with Crippen LogP contribution in [0.4, 0.5) is 0 Å². The third-order valence-electron chi connectivity index (χ3n) is 5.31. The van der Waals surface area contributed by atoms with E-state index >= 15 is 0 Å². The molecule has 0 aliphatic carbocycles. The number of fused-ring (bicyclic) bond motifs is 1. The van der Waals surface area contributed by atoms with Crippen molar-refractivity contribution in [2.75, 3.05) is 13.2 Å². The van der Waals surface area contributed by atoms with Gasteiger partial charge in [-0.2, -0.15) is 0 Å². The predicted octanol–water partition coefficient (Wildman–Crippen LogP) is 3.36. The predicted molar refractivity (Wildman–Crippen MR) is 110 cm³/mol. The number of carbonyl (C=O) groups excluding carboxylic acids is 2. The molecule has 0 bridgehead atoms. The van der Waals surface area contributed by atoms with Crippen LogP contribution in [0.3, 0.4) is 0 Å². The van der Waals surface area contributed by atoms with Crippen LogP contribution in [-0.2, 0) is 9.53 Å². The molecule has 8 nitrogen and oxygen atoms in total. The summed E-state index contributed by atoms with van der Waals surface area (Å²) in [6, 6.07) is 6.56. The first-order valence-corrected chi connectivity index (χ1v) is 10.6. The maximum Gasteiger partial charge on any atom is 0.258 e. The summed E-state index contributed by atoms with van der Waals surface area (Å²) < 4.78 is 16.1. The van der Waals surface area contributed by atoms with Crippen LogP contribution in [0, 0.1) is 5.92 Å². The maximum atomic E-state index is 13.2. The minimum Gasteiger partial charge on any atom is -0.467 e. The summed E-state index contributed by atoms with van der Waals surface area (Å²) in [4.78, 5) is 34.7. The van der Waals surface area contributed by atoms with Gasteiger partial charge in [0.1, 0.15) is 17.1 Å². The zero-order valence-electron chi connectivity index (χ0n) is 15.9. The normalized spacial score (nSPS) is 22.2. The third-order valence-corrected chi connectivity index (χ3v) is 6.48. The molecule has 0 aromatic carbocycles. The monoisotopic (exact) mass is 425 g/mol. The maximum absolute atomic E-state index is 13.2. The summed E-state index contributed by atoms with van der Waals surface area (Å²) in [5, 5.41) is 3.52. The van der Waals surface area contributed by atoms with E-state index in [2.05, 4.69) is 15.3 Å². The molecule has 1 N–H and O–H groups in total. The van der Waals surface area contributed by atoms with Gasteiger partial charge in [0.25, 0.3) is 5.91 Å². The van der Waals surface area contributed by atoms with Gasteiger partial charge in [0.15, 0.2) is 11.0 Å². The number of amidine groups is 1. The van der Waals surface area contributed by atoms with Crippen molar-refractivity contribution < 1.29 is 23.2 Å². The number of nitrogens with zero attached hydrogens (tertiary/aromatic N) is 2. The summed E-state index contributed by atoms with van der Waals surface area (Å²) in [5.74, 6) is 0.332. The van der Waals surface area contributed by atoms with Crippen LogP contribution in [0.25, 0.3) is 11.1 Å². The zero-order chi connectivity index (χ0) is 20.5. The van der Waals surface area contributed by atoms with Crippen LogP contribution in [0.1, 0.15) is 35.0 Å². The van der Waals surface area contributed by atoms with Gasteiger partial charge in [0.05, 0.1) is 18.1 Å². The average Bonchev–Trinajstić information content (AvgIpc) is 3.53. The van der Waals surface area contributed by atoms with E-state index in [1.165, 1.54) is 24.2 Å². The number of hydrogen-bond acceptors (Lipinski definition) is 8. The molecule has 1 amide bonds. The fraction of sp³-hybridized carbons (Fsp3) is 0.333. The fourth-order valence-electron chi connectivity index (χ4n) is 3.72. The van der Waals surface area contributed by atoms with E-state index < -0.39 is 11.3 Å². The Morgan fingerprint density at radius 3 is 2.80 bits per heavy atom. The van der Waals surface area contributed by atoms with Crippen molar-refractivity contribution in [3.63, 3.8) is 0 Å². The summed E-state index contributed by atoms with van der Waals surface area (Å²) in [5.41, 5.74) is 0.861. The second-order valence-electron chi connectivity index (χ2n) is 7.22. The molecule has 3 aromatic rings. The molecule has 2 atom stereocenters. The first kappa shape index (κ1) is 19.1. The quantitative estimate of drug-likeness (QED) is 0.683. The lowest BCUT2D eigenvalue weighted by Crippen LogP contribution is -2.33. The number of carbonyl (C=O) groups is 2. The van der Waals surface area contributed by atoms with Crippen LogP contribution in [0.5, 0.6) is 0 Å². The number of aliphatic imine (C=N–C) groups is 1. The molecule has 2 aliphatic rings. The van der Waals surface area contributed by atoms with Crippen LogP contribution in [0.15, 0.2) is 56.8 Å². The number of nitrogens with one attached hydrogen (secondary N) is 1. The number of ketones is 1. The molecule has 9 heteroatoms. The number of ether oxygens (including phenoxy) is 1. The van der Waals surface area contributed by atoms with Crippen LogP contribution < -0.4 is 5.32 Å². The van der Waals surface area contributed by atoms with Gasteiger partial charge in [0.2, 0.25) is 5.71 Å². The lowest BCUT2D eigenvalue weighted by atomic mass is 9.90. The molecule has 0 spiro atoms. The highest BCUT2D eigenvalue weighted by molar-refractivity contribution is 8.15. The number of hydrogen-bond donors (Lipinski definition) is 1. The number of furan rings is 2. The molecular weight excluding hydrogens is 406 g/mol. The van der Waals surface area contributed by atoms with Gasteiger partial charge in [-0.05, 0) is 37.1 Å². The molecule has 5 rings (SSSR count). The van der Waals surface area contributed by atoms with E-state index in [9.17, 15) is 9.59 Å². The fourth-order valence-corrected chi connectivity index (χ4v) is 4.92. The Kier molecular flexibility index (Phi) is 5.14. The number of aromatic nitrogens is 1. The molecule has 1 fully saturated rings. The van der Waals surface area contributed by atoms with Crippen LogP contribution in [0.2, 0.25) is 0 Å². The number of pyridine rings is 1. The van der Waals surface area contributed by atoms with Gasteiger partial charge in [-0.25, -0.2) is 9.98 Å². The van der Waals surface area contributed by atoms with E-state index in [0.717, 1.165) is 5.39 Å². The topological polar surface area (TPSA) is 107 Å². The SMILES string of the molecule is O=C(NC1=NC(c2ccco2)C(C(=O)C2CCOCC2)S1)c1cnc2occc2c1. The Balaban J connectivity index is 1.36. The third kappa shape index (κ3) is 3.66. The number of amides is 1. The summed E-state index contributed by atoms with van der Waals surface area (Å²) in [6.07, 6.45) is 5.96. The van der Waals surface area contributed by atoms with Crippen LogP contribution >= 0.6 is 11.8 Å². The molecule has 0 saturated carbocycles. The molecule has 1 saturated heterocycles. The van der Waals surface area contributed by atoms with Gasteiger partial charge < -0.3 is 18.9 Å². The number of Topliss-reactive ketones (excluding diaryl/α,β-unsaturated/α-hetero) is 1. The standard InChI is InChI=1S/C21H19N3O5S/c25-17(12-3-7-27-8-4-12)18-16(15-2-1-6-28-15)23-21(30-18)24-19(26)14-10-13-5-9-29-20(13)22-11-14/h1-2,5-6,9-12,16,18H,3-4,7-8H2,(H,23,24,26). The molecular formula is C21H19N3O5S. The highest BCUT2D eigenvalue weighted by atomic mass is 32.2. The summed E-state index contributed by atoms with van der Waals surface area (Å²) >= 11 is 1.28. The van der Waals surface area contributed by atoms with Gasteiger partial charge >= 0.3 is 0 Å². The van der Waals surface area contributed by atoms with Crippen molar-refractivity contribution >= 4 is 39.7 Å². The molecule has 30 heavy (non-hydrogen) atoms. The largest absolute Gasteiger partial charge is 0.467 e. The Labute approximate surface area is 176 Å². The Morgan fingerprint density at radius 2 is 2.00 bits per heavy atom. The van der Waals surface area contributed by atoms with Gasteiger partial charge in [-0.15, -0.1) is 0 Å². The van der Waals surface area contributed by atoms with E-state index in [1.54, 1.807) is 30.5 Å². The van der Waals surface area contributed by atoms with E-state index in [4.69, 9.17) is 13.6 Å². The lowest BCUT2D eigenvalue weighted by molar-refractivity contribution is -0.125. The van der Waals surface area contributed by atoms with Crippen LogP contribution in [-0.4, -0.2) is 40.3 Å². The summed E-state index contributed by atoms with van der Waals surface area (Å²) in [6.45, 7) is 1.18. The smallest absolute Gasteiger partial charge is 0.258 e. The molecule has 2 aliphatic heterocycles. The molecule has 154 valence electrons. The lowest BCUT2D eigenvalue weighted by Gasteiger charge is -2.24. The zero-order valence-corrected chi connectivity index (χ0v) is 16.8. The first-order chi connectivity index (χ1) is 14.7. The Bertz CT molecular complexity index is 1100. The second kappa shape index (κ2) is 8.08. The first-order valence-electron chi connectivity index (χ1n) is 9.73. The van der Waals surface area contributed by atoms with Gasteiger partial charge in [0, 0.05) is 30.7 Å². The van der Waals surface area contributed by atoms with Crippen molar-refractivity contribution in [3.05, 3.63) is 54.3 Å². The Morgan fingerprint density at radius 1 is 1.13 bits per heavy atom. The molecule has 5 heterocycles. The molecule has 2 unspecified atom stereocenters. The van der Waals surface area contributed by atoms with Gasteiger partial charge in [-0.1, -0.05) is 11.8 Å². The van der Waals surface area contributed by atoms with Crippen molar-refractivity contribution in [1.82, 2.24) is 10.3 Å². The number of thioether (sulfide) groups is 1. The number of rotatable bonds is 4. The molecule has 0 radical (unpaired) electrons. The van der Waals surface area contributed by atoms with E-state index in [1.807, 2.05) is 0 Å². The highest BCUT2D eigenvalue weighted by Crippen LogP contribution is 2.40. The van der Waals surface area contributed by atoms with Crippen molar-refractivity contribution in [2.45, 2.75) is 24.1 Å². The minimum atomic E-state index is -0.467. The highest BCUT2D eigenvalue weighted by Gasteiger charge is 2.41. The van der Waals surface area contributed by atoms with Gasteiger partial charge in [-0.3, -0.25) is 9.59 Å². The van der Waals surface area contributed by atoms with Crippen molar-refractivity contribution in [3.8, 4) is 0 Å². The second-order valence-corrected chi connectivity index (χ2v) is 8.35. The average molecular weight is 425 g/mol.